The van der Waals surface area contributed by atoms with Crippen LogP contribution in [0.1, 0.15) is 66.3 Å². The van der Waals surface area contributed by atoms with Crippen LogP contribution in [0.4, 0.5) is 5.00 Å². The van der Waals surface area contributed by atoms with Gasteiger partial charge in [0.1, 0.15) is 16.5 Å². The Morgan fingerprint density at radius 1 is 1.16 bits per heavy atom. The number of benzene rings is 1. The number of rotatable bonds is 4. The Bertz CT molecular complexity index is 1200. The van der Waals surface area contributed by atoms with E-state index in [0.29, 0.717) is 32.9 Å². The van der Waals surface area contributed by atoms with Gasteiger partial charge in [-0.2, -0.15) is 0 Å². The SMILES string of the molecule is CCC(C)(C)[C@@H]1CCc2c(sc3c2C(=O)N[C@H](c2ccc(-c4ccc(Cl)c(Cl)c4)o2)N3)C1. The minimum atomic E-state index is -0.408. The highest BCUT2D eigenvalue weighted by Gasteiger charge is 2.37. The van der Waals surface area contributed by atoms with Gasteiger partial charge in [-0.05, 0) is 66.5 Å². The Hall–Kier alpha value is -1.95. The fourth-order valence-electron chi connectivity index (χ4n) is 4.71. The van der Waals surface area contributed by atoms with Crippen LogP contribution < -0.4 is 10.6 Å². The molecule has 0 saturated heterocycles. The molecule has 0 unspecified atom stereocenters. The molecule has 5 rings (SSSR count). The third-order valence-corrected chi connectivity index (χ3v) is 9.10. The van der Waals surface area contributed by atoms with Crippen LogP contribution >= 0.6 is 34.5 Å². The average molecular weight is 489 g/mol. The second kappa shape index (κ2) is 8.12. The van der Waals surface area contributed by atoms with Crippen molar-refractivity contribution in [3.8, 4) is 11.3 Å². The Labute approximate surface area is 202 Å². The van der Waals surface area contributed by atoms with Crippen LogP contribution in [0.15, 0.2) is 34.7 Å². The van der Waals surface area contributed by atoms with Gasteiger partial charge in [0, 0.05) is 10.4 Å². The van der Waals surface area contributed by atoms with E-state index in [1.54, 1.807) is 23.5 Å². The topological polar surface area (TPSA) is 54.3 Å². The zero-order valence-corrected chi connectivity index (χ0v) is 20.7. The van der Waals surface area contributed by atoms with Crippen LogP contribution in [-0.4, -0.2) is 5.91 Å². The lowest BCUT2D eigenvalue weighted by Gasteiger charge is -2.36. The van der Waals surface area contributed by atoms with Gasteiger partial charge < -0.3 is 15.1 Å². The van der Waals surface area contributed by atoms with Crippen molar-refractivity contribution in [2.45, 2.75) is 52.6 Å². The molecule has 3 heterocycles. The van der Waals surface area contributed by atoms with E-state index in [2.05, 4.69) is 31.4 Å². The molecule has 2 N–H and O–H groups in total. The summed E-state index contributed by atoms with van der Waals surface area (Å²) in [6, 6.07) is 9.16. The van der Waals surface area contributed by atoms with Gasteiger partial charge in [-0.3, -0.25) is 4.79 Å². The van der Waals surface area contributed by atoms with E-state index >= 15 is 0 Å². The number of nitrogens with one attached hydrogen (secondary N) is 2. The molecule has 0 spiro atoms. The van der Waals surface area contributed by atoms with Gasteiger partial charge in [-0.15, -0.1) is 11.3 Å². The van der Waals surface area contributed by atoms with Gasteiger partial charge in [0.15, 0.2) is 6.17 Å². The molecule has 1 amide bonds. The van der Waals surface area contributed by atoms with Crippen molar-refractivity contribution in [1.82, 2.24) is 5.32 Å². The number of hydrogen-bond donors (Lipinski definition) is 2. The number of fused-ring (bicyclic) bond motifs is 3. The standard InChI is InChI=1S/C25H26Cl2N2O2S/c1-4-25(2,3)14-6-7-15-20(12-14)32-24-21(15)23(30)28-22(29-24)19-10-9-18(31-19)13-5-8-16(26)17(27)11-13/h5,8-11,14,22,29H,4,6-7,12H2,1-3H3,(H,28,30)/t14-,22+/m1/s1. The molecule has 2 aromatic heterocycles. The number of halogens is 2. The number of furan rings is 1. The van der Waals surface area contributed by atoms with E-state index in [-0.39, 0.29) is 5.91 Å². The number of carbonyl (C=O) groups is 1. The Morgan fingerprint density at radius 2 is 1.97 bits per heavy atom. The summed E-state index contributed by atoms with van der Waals surface area (Å²) in [5.41, 5.74) is 3.21. The first-order valence-corrected chi connectivity index (χ1v) is 12.6. The smallest absolute Gasteiger partial charge is 0.256 e. The zero-order chi connectivity index (χ0) is 22.6. The van der Waals surface area contributed by atoms with Crippen LogP contribution in [0.3, 0.4) is 0 Å². The third-order valence-electron chi connectivity index (χ3n) is 7.18. The highest BCUT2D eigenvalue weighted by atomic mass is 35.5. The first-order valence-electron chi connectivity index (χ1n) is 11.0. The maximum absolute atomic E-state index is 13.1. The molecule has 168 valence electrons. The van der Waals surface area contributed by atoms with Gasteiger partial charge in [0.25, 0.3) is 5.91 Å². The number of hydrogen-bond acceptors (Lipinski definition) is 4. The summed E-state index contributed by atoms with van der Waals surface area (Å²) in [5, 5.41) is 8.51. The molecule has 1 aliphatic carbocycles. The summed E-state index contributed by atoms with van der Waals surface area (Å²) >= 11 is 13.9. The summed E-state index contributed by atoms with van der Waals surface area (Å²) in [6.45, 7) is 6.99. The van der Waals surface area contributed by atoms with Crippen molar-refractivity contribution in [1.29, 1.82) is 0 Å². The molecule has 0 radical (unpaired) electrons. The Kier molecular flexibility index (Phi) is 5.55. The predicted octanol–water partition coefficient (Wildman–Crippen LogP) is 7.71. The maximum atomic E-state index is 13.1. The van der Waals surface area contributed by atoms with Crippen molar-refractivity contribution in [3.63, 3.8) is 0 Å². The quantitative estimate of drug-likeness (QED) is 0.395. The molecule has 0 bridgehead atoms. The van der Waals surface area contributed by atoms with Gasteiger partial charge >= 0.3 is 0 Å². The lowest BCUT2D eigenvalue weighted by Crippen LogP contribution is -2.38. The lowest BCUT2D eigenvalue weighted by atomic mass is 9.69. The van der Waals surface area contributed by atoms with E-state index in [9.17, 15) is 4.79 Å². The minimum Gasteiger partial charge on any atom is -0.457 e. The summed E-state index contributed by atoms with van der Waals surface area (Å²) in [4.78, 5) is 14.4. The van der Waals surface area contributed by atoms with Crippen molar-refractivity contribution < 1.29 is 9.21 Å². The van der Waals surface area contributed by atoms with Crippen molar-refractivity contribution in [2.75, 3.05) is 5.32 Å². The van der Waals surface area contributed by atoms with Gasteiger partial charge in [0.2, 0.25) is 0 Å². The first-order chi connectivity index (χ1) is 15.3. The van der Waals surface area contributed by atoms with E-state index in [1.165, 1.54) is 16.9 Å². The van der Waals surface area contributed by atoms with E-state index in [4.69, 9.17) is 27.6 Å². The fraction of sp³-hybridized carbons (Fsp3) is 0.400. The molecular formula is C25H26Cl2N2O2S. The fourth-order valence-corrected chi connectivity index (χ4v) is 6.36. The largest absolute Gasteiger partial charge is 0.457 e. The average Bonchev–Trinajstić information content (AvgIpc) is 3.40. The summed E-state index contributed by atoms with van der Waals surface area (Å²) < 4.78 is 6.07. The van der Waals surface area contributed by atoms with Crippen molar-refractivity contribution in [2.24, 2.45) is 11.3 Å². The summed E-state index contributed by atoms with van der Waals surface area (Å²) in [5.74, 6) is 1.96. The van der Waals surface area contributed by atoms with Crippen LogP contribution in [0.5, 0.6) is 0 Å². The van der Waals surface area contributed by atoms with Gasteiger partial charge in [-0.1, -0.05) is 50.4 Å². The maximum Gasteiger partial charge on any atom is 0.256 e. The van der Waals surface area contributed by atoms with Gasteiger partial charge in [-0.25, -0.2) is 0 Å². The van der Waals surface area contributed by atoms with Crippen LogP contribution in [0, 0.1) is 11.3 Å². The molecule has 7 heteroatoms. The zero-order valence-electron chi connectivity index (χ0n) is 18.4. The molecule has 32 heavy (non-hydrogen) atoms. The first kappa shape index (κ1) is 21.9. The molecule has 1 aliphatic heterocycles. The van der Waals surface area contributed by atoms with Gasteiger partial charge in [0.05, 0.1) is 15.6 Å². The molecule has 2 aliphatic rings. The highest BCUT2D eigenvalue weighted by molar-refractivity contribution is 7.16. The summed E-state index contributed by atoms with van der Waals surface area (Å²) in [7, 11) is 0. The second-order valence-corrected chi connectivity index (χ2v) is 11.3. The third kappa shape index (κ3) is 3.74. The molecule has 3 aromatic rings. The lowest BCUT2D eigenvalue weighted by molar-refractivity contribution is 0.0930. The summed E-state index contributed by atoms with van der Waals surface area (Å²) in [6.07, 6.45) is 3.92. The normalized spacial score (nSPS) is 20.3. The Balaban J connectivity index is 1.40. The van der Waals surface area contributed by atoms with Crippen LogP contribution in [-0.2, 0) is 12.8 Å². The number of thiophene rings is 1. The van der Waals surface area contributed by atoms with Crippen molar-refractivity contribution in [3.05, 3.63) is 62.1 Å². The monoisotopic (exact) mass is 488 g/mol. The number of amides is 1. The minimum absolute atomic E-state index is 0.0260. The predicted molar refractivity (Wildman–Crippen MR) is 132 cm³/mol. The van der Waals surface area contributed by atoms with Crippen LogP contribution in [0.2, 0.25) is 10.0 Å². The number of carbonyl (C=O) groups excluding carboxylic acids is 1. The number of anilines is 1. The molecule has 2 atom stereocenters. The van der Waals surface area contributed by atoms with E-state index in [0.717, 1.165) is 35.4 Å². The van der Waals surface area contributed by atoms with E-state index in [1.807, 2.05) is 18.2 Å². The molecule has 1 aromatic carbocycles. The van der Waals surface area contributed by atoms with Crippen LogP contribution in [0.25, 0.3) is 11.3 Å². The van der Waals surface area contributed by atoms with E-state index < -0.39 is 6.17 Å². The highest BCUT2D eigenvalue weighted by Crippen LogP contribution is 2.47. The molecule has 0 fully saturated rings. The Morgan fingerprint density at radius 3 is 2.72 bits per heavy atom. The molecule has 4 nitrogen and oxygen atoms in total. The molecular weight excluding hydrogens is 463 g/mol. The van der Waals surface area contributed by atoms with Crippen molar-refractivity contribution >= 4 is 45.4 Å². The second-order valence-electron chi connectivity index (χ2n) is 9.37. The molecule has 0 saturated carbocycles.